The van der Waals surface area contributed by atoms with Crippen LogP contribution in [0.4, 0.5) is 0 Å². The number of carbonyl (C=O) groups excluding carboxylic acids is 1. The molecule has 3 saturated heterocycles. The Bertz CT molecular complexity index is 746. The van der Waals surface area contributed by atoms with Gasteiger partial charge in [0.15, 0.2) is 5.78 Å². The van der Waals surface area contributed by atoms with Gasteiger partial charge >= 0.3 is 0 Å². The summed E-state index contributed by atoms with van der Waals surface area (Å²) in [6.45, 7) is 10.3. The number of benzene rings is 1. The van der Waals surface area contributed by atoms with E-state index < -0.39 is 5.60 Å². The van der Waals surface area contributed by atoms with Gasteiger partial charge in [0.2, 0.25) is 0 Å². The Labute approximate surface area is 168 Å². The normalized spacial score (nSPS) is 31.3. The maximum absolute atomic E-state index is 12.9. The first kappa shape index (κ1) is 19.7. The fraction of sp³-hybridized carbons (Fsp3) is 0.625. The molecule has 2 bridgehead atoms. The summed E-state index contributed by atoms with van der Waals surface area (Å²) in [4.78, 5) is 15.4. The van der Waals surface area contributed by atoms with Gasteiger partial charge in [-0.1, -0.05) is 18.6 Å². The molecule has 0 radical (unpaired) electrons. The number of nitrogens with zero attached hydrogens (tertiary/aromatic N) is 1. The number of fused-ring (bicyclic) bond motifs is 3. The van der Waals surface area contributed by atoms with Gasteiger partial charge in [0.1, 0.15) is 18.0 Å². The zero-order chi connectivity index (χ0) is 19.8. The van der Waals surface area contributed by atoms with Gasteiger partial charge in [-0.05, 0) is 83.3 Å². The number of carbonyl (C=O) groups is 1. The number of hydrogen-bond donors (Lipinski definition) is 0. The molecule has 2 atom stereocenters. The Kier molecular flexibility index (Phi) is 5.36. The van der Waals surface area contributed by atoms with Gasteiger partial charge in [0.05, 0.1) is 5.60 Å². The predicted molar refractivity (Wildman–Crippen MR) is 112 cm³/mol. The maximum Gasteiger partial charge on any atom is 0.190 e. The standard InChI is InChI=1S/C24H33NO3/c1-23(2)21-11-12-24(3,28-23)22(26)20(21)17-18-7-9-19(10-8-18)27-16-15-25-13-5-4-6-14-25/h7-10,17,21H,4-6,11-16H2,1-3H3/b20-17+. The number of ketones is 1. The molecular weight excluding hydrogens is 350 g/mol. The van der Waals surface area contributed by atoms with Crippen molar-refractivity contribution < 1.29 is 14.3 Å². The zero-order valence-electron chi connectivity index (χ0n) is 17.5. The molecule has 3 heterocycles. The first-order chi connectivity index (χ1) is 13.4. The summed E-state index contributed by atoms with van der Waals surface area (Å²) in [7, 11) is 0. The highest BCUT2D eigenvalue weighted by molar-refractivity contribution is 6.07. The second-order valence-electron chi connectivity index (χ2n) is 9.28. The summed E-state index contributed by atoms with van der Waals surface area (Å²) in [6, 6.07) is 8.12. The van der Waals surface area contributed by atoms with Gasteiger partial charge in [-0.3, -0.25) is 9.69 Å². The summed E-state index contributed by atoms with van der Waals surface area (Å²) in [5.41, 5.74) is 1.02. The van der Waals surface area contributed by atoms with Gasteiger partial charge in [-0.15, -0.1) is 0 Å². The minimum absolute atomic E-state index is 0.157. The summed E-state index contributed by atoms with van der Waals surface area (Å²) in [5.74, 6) is 1.22. The fourth-order valence-electron chi connectivity index (χ4n) is 5.11. The van der Waals surface area contributed by atoms with E-state index in [1.165, 1.54) is 32.4 Å². The number of Topliss-reactive ketones (excluding diaryl/α,β-unsaturated/α-hetero) is 1. The van der Waals surface area contributed by atoms with Crippen molar-refractivity contribution in [2.45, 2.75) is 64.1 Å². The molecule has 0 N–H and O–H groups in total. The zero-order valence-corrected chi connectivity index (χ0v) is 17.5. The highest BCUT2D eigenvalue weighted by atomic mass is 16.5. The van der Waals surface area contributed by atoms with E-state index in [4.69, 9.17) is 9.47 Å². The Morgan fingerprint density at radius 3 is 2.54 bits per heavy atom. The molecule has 28 heavy (non-hydrogen) atoms. The highest BCUT2D eigenvalue weighted by Crippen LogP contribution is 2.50. The Morgan fingerprint density at radius 1 is 1.14 bits per heavy atom. The minimum Gasteiger partial charge on any atom is -0.492 e. The lowest BCUT2D eigenvalue weighted by Gasteiger charge is -2.53. The fourth-order valence-corrected chi connectivity index (χ4v) is 5.11. The largest absolute Gasteiger partial charge is 0.492 e. The van der Waals surface area contributed by atoms with Crippen LogP contribution in [0.15, 0.2) is 29.8 Å². The van der Waals surface area contributed by atoms with Crippen LogP contribution in [0.3, 0.4) is 0 Å². The number of hydrogen-bond acceptors (Lipinski definition) is 4. The molecule has 0 amide bonds. The van der Waals surface area contributed by atoms with Crippen LogP contribution in [0.2, 0.25) is 0 Å². The summed E-state index contributed by atoms with van der Waals surface area (Å²) in [5, 5.41) is 0. The third-order valence-electron chi connectivity index (χ3n) is 6.68. The average Bonchev–Trinajstić information content (AvgIpc) is 2.66. The molecule has 5 rings (SSSR count). The molecule has 0 aromatic heterocycles. The molecule has 1 aliphatic carbocycles. The van der Waals surface area contributed by atoms with E-state index in [1.54, 1.807) is 0 Å². The lowest BCUT2D eigenvalue weighted by atomic mass is 9.65. The smallest absolute Gasteiger partial charge is 0.190 e. The monoisotopic (exact) mass is 383 g/mol. The van der Waals surface area contributed by atoms with Gasteiger partial charge < -0.3 is 9.47 Å². The molecule has 4 fully saturated rings. The van der Waals surface area contributed by atoms with E-state index in [1.807, 2.05) is 19.1 Å². The van der Waals surface area contributed by atoms with Gasteiger partial charge in [0, 0.05) is 18.0 Å². The Balaban J connectivity index is 1.40. The first-order valence-electron chi connectivity index (χ1n) is 10.8. The third-order valence-corrected chi connectivity index (χ3v) is 6.68. The lowest BCUT2D eigenvalue weighted by Crippen LogP contribution is -2.60. The van der Waals surface area contributed by atoms with Gasteiger partial charge in [-0.2, -0.15) is 0 Å². The van der Waals surface area contributed by atoms with Gasteiger partial charge in [-0.25, -0.2) is 0 Å². The molecule has 1 aromatic rings. The molecule has 4 heteroatoms. The van der Waals surface area contributed by atoms with Crippen molar-refractivity contribution in [2.24, 2.45) is 5.92 Å². The molecule has 152 valence electrons. The Hall–Kier alpha value is -1.65. The maximum atomic E-state index is 12.9. The van der Waals surface area contributed by atoms with E-state index in [2.05, 4.69) is 37.0 Å². The summed E-state index contributed by atoms with van der Waals surface area (Å²) < 4.78 is 12.1. The van der Waals surface area contributed by atoms with E-state index in [-0.39, 0.29) is 17.3 Å². The van der Waals surface area contributed by atoms with Crippen LogP contribution >= 0.6 is 0 Å². The number of rotatable bonds is 5. The molecule has 1 saturated carbocycles. The molecule has 1 aromatic carbocycles. The predicted octanol–water partition coefficient (Wildman–Crippen LogP) is 4.48. The SMILES string of the molecule is CC12CCC(/C(=C\c3ccc(OCCN4CCCCC4)cc3)C1=O)C(C)(C)O2. The van der Waals surface area contributed by atoms with Crippen LogP contribution in [0.25, 0.3) is 6.08 Å². The van der Waals surface area contributed by atoms with E-state index in [0.717, 1.165) is 42.9 Å². The second-order valence-corrected chi connectivity index (χ2v) is 9.28. The second kappa shape index (κ2) is 7.64. The molecule has 2 unspecified atom stereocenters. The summed E-state index contributed by atoms with van der Waals surface area (Å²) in [6.07, 6.45) is 7.88. The molecule has 4 nitrogen and oxygen atoms in total. The molecule has 4 aliphatic rings. The van der Waals surface area contributed by atoms with Crippen molar-refractivity contribution in [3.05, 3.63) is 35.4 Å². The van der Waals surface area contributed by atoms with Crippen molar-refractivity contribution in [2.75, 3.05) is 26.2 Å². The van der Waals surface area contributed by atoms with E-state index in [9.17, 15) is 4.79 Å². The van der Waals surface area contributed by atoms with E-state index >= 15 is 0 Å². The molecule has 0 spiro atoms. The number of ether oxygens (including phenoxy) is 2. The number of likely N-dealkylation sites (tertiary alicyclic amines) is 1. The van der Waals surface area contributed by atoms with Crippen molar-refractivity contribution in [3.63, 3.8) is 0 Å². The molecule has 3 aliphatic heterocycles. The van der Waals surface area contributed by atoms with Crippen LogP contribution in [0.1, 0.15) is 58.4 Å². The van der Waals surface area contributed by atoms with Crippen molar-refractivity contribution >= 4 is 11.9 Å². The van der Waals surface area contributed by atoms with Crippen molar-refractivity contribution in [1.82, 2.24) is 4.90 Å². The van der Waals surface area contributed by atoms with Crippen LogP contribution in [0, 0.1) is 5.92 Å². The molecular formula is C24H33NO3. The van der Waals surface area contributed by atoms with Crippen LogP contribution in [-0.4, -0.2) is 48.1 Å². The van der Waals surface area contributed by atoms with Crippen molar-refractivity contribution in [1.29, 1.82) is 0 Å². The first-order valence-corrected chi connectivity index (χ1v) is 10.8. The van der Waals surface area contributed by atoms with Crippen LogP contribution in [-0.2, 0) is 9.53 Å². The van der Waals surface area contributed by atoms with Crippen LogP contribution < -0.4 is 4.74 Å². The van der Waals surface area contributed by atoms with Crippen LogP contribution in [0.5, 0.6) is 5.75 Å². The topological polar surface area (TPSA) is 38.8 Å². The third kappa shape index (κ3) is 3.90. The quantitative estimate of drug-likeness (QED) is 0.703. The van der Waals surface area contributed by atoms with Crippen molar-refractivity contribution in [3.8, 4) is 5.75 Å². The lowest BCUT2D eigenvalue weighted by molar-refractivity contribution is -0.206. The average molecular weight is 384 g/mol. The van der Waals surface area contributed by atoms with E-state index in [0.29, 0.717) is 0 Å². The summed E-state index contributed by atoms with van der Waals surface area (Å²) >= 11 is 0. The number of piperidine rings is 1. The minimum atomic E-state index is -0.665. The highest BCUT2D eigenvalue weighted by Gasteiger charge is 2.56. The Morgan fingerprint density at radius 2 is 1.86 bits per heavy atom. The van der Waals surface area contributed by atoms with Gasteiger partial charge in [0.25, 0.3) is 0 Å².